The van der Waals surface area contributed by atoms with Crippen LogP contribution in [0.3, 0.4) is 0 Å². The highest BCUT2D eigenvalue weighted by Gasteiger charge is 2.33. The highest BCUT2D eigenvalue weighted by atomic mass is 19.1. The summed E-state index contributed by atoms with van der Waals surface area (Å²) in [6.45, 7) is 3.42. The lowest BCUT2D eigenvalue weighted by Crippen LogP contribution is -2.41. The van der Waals surface area contributed by atoms with E-state index in [0.29, 0.717) is 11.7 Å². The Bertz CT molecular complexity index is 483. The maximum absolute atomic E-state index is 13.0. The zero-order chi connectivity index (χ0) is 16.1. The van der Waals surface area contributed by atoms with Crippen molar-refractivity contribution in [1.82, 2.24) is 0 Å². The van der Waals surface area contributed by atoms with Gasteiger partial charge in [0.15, 0.2) is 0 Å². The number of esters is 1. The Morgan fingerprint density at radius 1 is 1.23 bits per heavy atom. The van der Waals surface area contributed by atoms with Gasteiger partial charge in [0.2, 0.25) is 0 Å². The van der Waals surface area contributed by atoms with E-state index in [0.717, 1.165) is 25.7 Å². The van der Waals surface area contributed by atoms with Gasteiger partial charge < -0.3 is 15.2 Å². The minimum atomic E-state index is -0.655. The number of rotatable bonds is 6. The van der Waals surface area contributed by atoms with Crippen LogP contribution in [0.4, 0.5) is 4.39 Å². The molecule has 0 aliphatic heterocycles. The van der Waals surface area contributed by atoms with E-state index in [-0.39, 0.29) is 11.9 Å². The summed E-state index contributed by atoms with van der Waals surface area (Å²) in [5.74, 6) is 0.183. The lowest BCUT2D eigenvalue weighted by Gasteiger charge is -2.30. The third kappa shape index (κ3) is 4.44. The fourth-order valence-electron chi connectivity index (χ4n) is 2.89. The summed E-state index contributed by atoms with van der Waals surface area (Å²) in [6, 6.07) is 5.26. The Morgan fingerprint density at radius 3 is 2.36 bits per heavy atom. The second kappa shape index (κ2) is 7.58. The number of carbonyl (C=O) groups is 1. The molecule has 1 aliphatic rings. The van der Waals surface area contributed by atoms with Crippen LogP contribution >= 0.6 is 0 Å². The quantitative estimate of drug-likeness (QED) is 0.821. The summed E-state index contributed by atoms with van der Waals surface area (Å²) < 4.78 is 24.4. The van der Waals surface area contributed by atoms with Crippen LogP contribution in [0.1, 0.15) is 39.5 Å². The molecule has 0 unspecified atom stereocenters. The second-order valence-electron chi connectivity index (χ2n) is 6.01. The van der Waals surface area contributed by atoms with Gasteiger partial charge in [-0.05, 0) is 56.9 Å². The number of ether oxygens (including phenoxy) is 2. The summed E-state index contributed by atoms with van der Waals surface area (Å²) in [7, 11) is 0. The van der Waals surface area contributed by atoms with Gasteiger partial charge in [-0.3, -0.25) is 4.79 Å². The Kier molecular flexibility index (Phi) is 5.77. The van der Waals surface area contributed by atoms with Crippen LogP contribution in [0.2, 0.25) is 0 Å². The van der Waals surface area contributed by atoms with Gasteiger partial charge in [0.1, 0.15) is 29.8 Å². The molecule has 0 spiro atoms. The van der Waals surface area contributed by atoms with Crippen LogP contribution in [-0.4, -0.2) is 24.2 Å². The van der Waals surface area contributed by atoms with Crippen LogP contribution in [0, 0.1) is 11.7 Å². The average Bonchev–Trinajstić information content (AvgIpc) is 3.00. The first-order valence-corrected chi connectivity index (χ1v) is 7.85. The van der Waals surface area contributed by atoms with E-state index in [9.17, 15) is 9.18 Å². The summed E-state index contributed by atoms with van der Waals surface area (Å²) in [5, 5.41) is 0. The molecule has 122 valence electrons. The van der Waals surface area contributed by atoms with Crippen molar-refractivity contribution in [3.63, 3.8) is 0 Å². The number of benzene rings is 1. The Balaban J connectivity index is 2.08. The lowest BCUT2D eigenvalue weighted by atomic mass is 9.96. The smallest absolute Gasteiger partial charge is 0.323 e. The molecule has 2 rings (SSSR count). The van der Waals surface area contributed by atoms with E-state index in [2.05, 4.69) is 0 Å². The standard InChI is InChI=1S/C17H24FNO3/c1-11(19)17(20)21-12(2)16(13-5-3-4-6-13)22-15-9-7-14(18)8-10-15/h7-13,16H,3-6,19H2,1-2H3/t11-,12-,16-/m0/s1. The molecule has 2 N–H and O–H groups in total. The average molecular weight is 309 g/mol. The van der Waals surface area contributed by atoms with Crippen molar-refractivity contribution in [1.29, 1.82) is 0 Å². The van der Waals surface area contributed by atoms with Crippen molar-refractivity contribution < 1.29 is 18.7 Å². The molecule has 0 bridgehead atoms. The monoisotopic (exact) mass is 309 g/mol. The lowest BCUT2D eigenvalue weighted by molar-refractivity contribution is -0.155. The van der Waals surface area contributed by atoms with Gasteiger partial charge >= 0.3 is 5.97 Å². The molecule has 1 fully saturated rings. The van der Waals surface area contributed by atoms with E-state index >= 15 is 0 Å². The van der Waals surface area contributed by atoms with Crippen LogP contribution in [0.5, 0.6) is 5.75 Å². The minimum Gasteiger partial charge on any atom is -0.486 e. The molecule has 1 aromatic carbocycles. The Hall–Kier alpha value is -1.62. The number of hydrogen-bond donors (Lipinski definition) is 1. The highest BCUT2D eigenvalue weighted by molar-refractivity contribution is 5.75. The number of carbonyl (C=O) groups excluding carboxylic acids is 1. The maximum atomic E-state index is 13.0. The molecule has 0 aromatic heterocycles. The van der Waals surface area contributed by atoms with E-state index < -0.39 is 18.1 Å². The molecular weight excluding hydrogens is 285 g/mol. The number of hydrogen-bond acceptors (Lipinski definition) is 4. The van der Waals surface area contributed by atoms with Gasteiger partial charge in [-0.25, -0.2) is 4.39 Å². The summed E-state index contributed by atoms with van der Waals surface area (Å²) >= 11 is 0. The normalized spacial score (nSPS) is 19.5. The SMILES string of the molecule is C[C@H](N)C(=O)O[C@@H](C)[C@H](Oc1ccc(F)cc1)C1CCCC1. The molecule has 0 heterocycles. The molecular formula is C17H24FNO3. The largest absolute Gasteiger partial charge is 0.486 e. The first kappa shape index (κ1) is 16.7. The number of halogens is 1. The van der Waals surface area contributed by atoms with Crippen LogP contribution in [0.15, 0.2) is 24.3 Å². The van der Waals surface area contributed by atoms with Gasteiger partial charge in [-0.1, -0.05) is 12.8 Å². The maximum Gasteiger partial charge on any atom is 0.323 e. The first-order chi connectivity index (χ1) is 10.5. The van der Waals surface area contributed by atoms with Gasteiger partial charge in [-0.15, -0.1) is 0 Å². The molecule has 4 nitrogen and oxygen atoms in total. The highest BCUT2D eigenvalue weighted by Crippen LogP contribution is 2.32. The summed E-state index contributed by atoms with van der Waals surface area (Å²) in [5.41, 5.74) is 5.55. The fourth-order valence-corrected chi connectivity index (χ4v) is 2.89. The van der Waals surface area contributed by atoms with E-state index in [1.54, 1.807) is 19.1 Å². The molecule has 1 aliphatic carbocycles. The van der Waals surface area contributed by atoms with Crippen LogP contribution < -0.4 is 10.5 Å². The summed E-state index contributed by atoms with van der Waals surface area (Å²) in [4.78, 5) is 11.7. The number of nitrogens with two attached hydrogens (primary N) is 1. The van der Waals surface area contributed by atoms with Gasteiger partial charge in [0, 0.05) is 0 Å². The van der Waals surface area contributed by atoms with E-state index in [4.69, 9.17) is 15.2 Å². The Labute approximate surface area is 130 Å². The molecule has 0 radical (unpaired) electrons. The van der Waals surface area contributed by atoms with Crippen molar-refractivity contribution in [2.24, 2.45) is 11.7 Å². The van der Waals surface area contributed by atoms with Crippen molar-refractivity contribution >= 4 is 5.97 Å². The second-order valence-corrected chi connectivity index (χ2v) is 6.01. The van der Waals surface area contributed by atoms with E-state index in [1.165, 1.54) is 12.1 Å². The van der Waals surface area contributed by atoms with Crippen molar-refractivity contribution in [3.8, 4) is 5.75 Å². The third-order valence-corrected chi connectivity index (χ3v) is 4.09. The molecule has 22 heavy (non-hydrogen) atoms. The van der Waals surface area contributed by atoms with Crippen molar-refractivity contribution in [2.45, 2.75) is 57.8 Å². The third-order valence-electron chi connectivity index (χ3n) is 4.09. The topological polar surface area (TPSA) is 61.6 Å². The molecule has 5 heteroatoms. The van der Waals surface area contributed by atoms with E-state index in [1.807, 2.05) is 6.92 Å². The minimum absolute atomic E-state index is 0.240. The first-order valence-electron chi connectivity index (χ1n) is 7.85. The van der Waals surface area contributed by atoms with Gasteiger partial charge in [0.25, 0.3) is 0 Å². The van der Waals surface area contributed by atoms with Crippen LogP contribution in [0.25, 0.3) is 0 Å². The van der Waals surface area contributed by atoms with Gasteiger partial charge in [0.05, 0.1) is 0 Å². The zero-order valence-electron chi connectivity index (χ0n) is 13.1. The van der Waals surface area contributed by atoms with Crippen LogP contribution in [-0.2, 0) is 9.53 Å². The van der Waals surface area contributed by atoms with Crippen molar-refractivity contribution in [3.05, 3.63) is 30.1 Å². The fraction of sp³-hybridized carbons (Fsp3) is 0.588. The predicted octanol–water partition coefficient (Wildman–Crippen LogP) is 3.04. The van der Waals surface area contributed by atoms with Gasteiger partial charge in [-0.2, -0.15) is 0 Å². The van der Waals surface area contributed by atoms with Crippen molar-refractivity contribution in [2.75, 3.05) is 0 Å². The molecule has 0 amide bonds. The zero-order valence-corrected chi connectivity index (χ0v) is 13.1. The summed E-state index contributed by atoms with van der Waals surface area (Å²) in [6.07, 6.45) is 3.77. The molecule has 1 saturated carbocycles. The molecule has 0 saturated heterocycles. The molecule has 3 atom stereocenters. The predicted molar refractivity (Wildman–Crippen MR) is 82.0 cm³/mol. The Morgan fingerprint density at radius 2 is 1.82 bits per heavy atom. The molecule has 1 aromatic rings.